The van der Waals surface area contributed by atoms with Crippen molar-refractivity contribution in [2.75, 3.05) is 18.4 Å². The van der Waals surface area contributed by atoms with Gasteiger partial charge in [-0.05, 0) is 42.3 Å². The normalized spacial score (nSPS) is 10.1. The molecule has 0 bridgehead atoms. The molecule has 148 valence electrons. The molecule has 9 heteroatoms. The van der Waals surface area contributed by atoms with Crippen LogP contribution in [-0.4, -0.2) is 30.9 Å². The van der Waals surface area contributed by atoms with Crippen LogP contribution in [-0.2, 0) is 16.1 Å². The van der Waals surface area contributed by atoms with E-state index in [1.807, 2.05) is 0 Å². The maximum atomic E-state index is 12.8. The first-order valence-electron chi connectivity index (χ1n) is 8.43. The van der Waals surface area contributed by atoms with Gasteiger partial charge in [0.05, 0.1) is 13.1 Å². The molecule has 2 aromatic carbocycles. The van der Waals surface area contributed by atoms with E-state index in [-0.39, 0.29) is 25.5 Å². The molecule has 0 heterocycles. The first kappa shape index (κ1) is 21.2. The highest BCUT2D eigenvalue weighted by Gasteiger charge is 2.09. The van der Waals surface area contributed by atoms with Crippen molar-refractivity contribution in [2.24, 2.45) is 0 Å². The average Bonchev–Trinajstić information content (AvgIpc) is 2.68. The smallest absolute Gasteiger partial charge is 0.315 e. The second-order valence-corrected chi connectivity index (χ2v) is 6.31. The molecule has 0 fully saturated rings. The quantitative estimate of drug-likeness (QED) is 0.568. The minimum Gasteiger partial charge on any atom is -0.345 e. The molecule has 0 atom stereocenters. The lowest BCUT2D eigenvalue weighted by Crippen LogP contribution is -2.43. The van der Waals surface area contributed by atoms with Crippen LogP contribution in [0.4, 0.5) is 14.9 Å². The summed E-state index contributed by atoms with van der Waals surface area (Å²) in [5.41, 5.74) is 2.00. The van der Waals surface area contributed by atoms with Crippen LogP contribution in [0.3, 0.4) is 0 Å². The van der Waals surface area contributed by atoms with Crippen LogP contribution in [0.5, 0.6) is 0 Å². The third-order valence-electron chi connectivity index (χ3n) is 3.76. The van der Waals surface area contributed by atoms with Crippen LogP contribution >= 0.6 is 11.6 Å². The molecule has 0 saturated carbocycles. The molecule has 0 aliphatic rings. The maximum absolute atomic E-state index is 12.8. The van der Waals surface area contributed by atoms with Gasteiger partial charge in [-0.3, -0.25) is 9.59 Å². The van der Waals surface area contributed by atoms with E-state index < -0.39 is 17.8 Å². The monoisotopic (exact) mass is 406 g/mol. The molecule has 0 aromatic heterocycles. The molecule has 0 aliphatic carbocycles. The Balaban J connectivity index is 1.66. The second-order valence-electron chi connectivity index (χ2n) is 5.90. The third kappa shape index (κ3) is 6.88. The van der Waals surface area contributed by atoms with E-state index in [0.29, 0.717) is 16.3 Å². The molecule has 0 aliphatic heterocycles. The number of carbonyl (C=O) groups is 3. The van der Waals surface area contributed by atoms with Crippen molar-refractivity contribution in [3.05, 3.63) is 64.4 Å². The van der Waals surface area contributed by atoms with Crippen molar-refractivity contribution in [3.63, 3.8) is 0 Å². The minimum atomic E-state index is -0.557. The molecule has 0 radical (unpaired) electrons. The standard InChI is InChI=1S/C19H20ClFN4O3/c1-12-15(20)3-2-4-16(12)25-18(27)11-22-17(26)10-24-19(28)23-9-13-5-7-14(21)8-6-13/h2-8H,9-11H2,1H3,(H,22,26)(H,25,27)(H2,23,24,28). The van der Waals surface area contributed by atoms with Crippen molar-refractivity contribution in [3.8, 4) is 0 Å². The van der Waals surface area contributed by atoms with Gasteiger partial charge in [0.25, 0.3) is 0 Å². The zero-order valence-electron chi connectivity index (χ0n) is 15.1. The number of hydrogen-bond acceptors (Lipinski definition) is 3. The summed E-state index contributed by atoms with van der Waals surface area (Å²) < 4.78 is 12.8. The van der Waals surface area contributed by atoms with E-state index in [2.05, 4.69) is 21.3 Å². The first-order chi connectivity index (χ1) is 13.3. The van der Waals surface area contributed by atoms with Gasteiger partial charge in [0, 0.05) is 17.3 Å². The Morgan fingerprint density at radius 2 is 1.61 bits per heavy atom. The highest BCUT2D eigenvalue weighted by Crippen LogP contribution is 2.22. The van der Waals surface area contributed by atoms with Crippen molar-refractivity contribution in [1.82, 2.24) is 16.0 Å². The Bertz CT molecular complexity index is 859. The van der Waals surface area contributed by atoms with Crippen LogP contribution in [0.15, 0.2) is 42.5 Å². The molecule has 4 N–H and O–H groups in total. The molecule has 0 unspecified atom stereocenters. The summed E-state index contributed by atoms with van der Waals surface area (Å²) in [5.74, 6) is -1.30. The summed E-state index contributed by atoms with van der Waals surface area (Å²) in [5, 5.41) is 10.5. The van der Waals surface area contributed by atoms with Crippen molar-refractivity contribution in [2.45, 2.75) is 13.5 Å². The van der Waals surface area contributed by atoms with E-state index in [1.54, 1.807) is 37.3 Å². The fourth-order valence-corrected chi connectivity index (χ4v) is 2.36. The van der Waals surface area contributed by atoms with Crippen LogP contribution in [0.25, 0.3) is 0 Å². The van der Waals surface area contributed by atoms with Gasteiger partial charge >= 0.3 is 6.03 Å². The first-order valence-corrected chi connectivity index (χ1v) is 8.81. The SMILES string of the molecule is Cc1c(Cl)cccc1NC(=O)CNC(=O)CNC(=O)NCc1ccc(F)cc1. The third-order valence-corrected chi connectivity index (χ3v) is 4.17. The van der Waals surface area contributed by atoms with E-state index in [0.717, 1.165) is 5.56 Å². The van der Waals surface area contributed by atoms with Crippen molar-refractivity contribution >= 4 is 35.1 Å². The number of carbonyl (C=O) groups excluding carboxylic acids is 3. The number of halogens is 2. The summed E-state index contributed by atoms with van der Waals surface area (Å²) >= 11 is 5.98. The number of nitrogens with one attached hydrogen (secondary N) is 4. The van der Waals surface area contributed by atoms with Crippen molar-refractivity contribution in [1.29, 1.82) is 0 Å². The summed E-state index contributed by atoms with van der Waals surface area (Å²) in [6.45, 7) is 1.42. The minimum absolute atomic E-state index is 0.190. The Hall–Kier alpha value is -3.13. The summed E-state index contributed by atoms with van der Waals surface area (Å²) in [7, 11) is 0. The maximum Gasteiger partial charge on any atom is 0.315 e. The molecule has 7 nitrogen and oxygen atoms in total. The van der Waals surface area contributed by atoms with Gasteiger partial charge in [-0.25, -0.2) is 9.18 Å². The van der Waals surface area contributed by atoms with E-state index in [9.17, 15) is 18.8 Å². The molecule has 0 saturated heterocycles. The molecular formula is C19H20ClFN4O3. The summed E-state index contributed by atoms with van der Waals surface area (Å²) in [6, 6.07) is 10.2. The highest BCUT2D eigenvalue weighted by molar-refractivity contribution is 6.31. The van der Waals surface area contributed by atoms with Crippen LogP contribution in [0.1, 0.15) is 11.1 Å². The van der Waals surface area contributed by atoms with E-state index in [4.69, 9.17) is 11.6 Å². The second kappa shape index (κ2) is 10.3. The Labute approximate surface area is 166 Å². The average molecular weight is 407 g/mol. The number of hydrogen-bond donors (Lipinski definition) is 4. The summed E-state index contributed by atoms with van der Waals surface area (Å²) in [4.78, 5) is 35.3. The topological polar surface area (TPSA) is 99.3 Å². The predicted octanol–water partition coefficient (Wildman–Crippen LogP) is 2.34. The number of amides is 4. The van der Waals surface area contributed by atoms with Gasteiger partial charge in [-0.2, -0.15) is 0 Å². The van der Waals surface area contributed by atoms with Crippen molar-refractivity contribution < 1.29 is 18.8 Å². The highest BCUT2D eigenvalue weighted by atomic mass is 35.5. The van der Waals surface area contributed by atoms with Gasteiger partial charge in [0.15, 0.2) is 0 Å². The molecule has 0 spiro atoms. The van der Waals surface area contributed by atoms with Crippen LogP contribution < -0.4 is 21.3 Å². The van der Waals surface area contributed by atoms with Crippen LogP contribution in [0, 0.1) is 12.7 Å². The van der Waals surface area contributed by atoms with Gasteiger partial charge in [0.2, 0.25) is 11.8 Å². The lowest BCUT2D eigenvalue weighted by atomic mass is 10.2. The van der Waals surface area contributed by atoms with Gasteiger partial charge in [-0.15, -0.1) is 0 Å². The molecule has 4 amide bonds. The molecule has 2 rings (SSSR count). The lowest BCUT2D eigenvalue weighted by molar-refractivity contribution is -0.123. The zero-order chi connectivity index (χ0) is 20.5. The Morgan fingerprint density at radius 1 is 0.929 bits per heavy atom. The fourth-order valence-electron chi connectivity index (χ4n) is 2.19. The molecular weight excluding hydrogens is 387 g/mol. The van der Waals surface area contributed by atoms with Gasteiger partial charge in [0.1, 0.15) is 5.82 Å². The Kier molecular flexibility index (Phi) is 7.76. The lowest BCUT2D eigenvalue weighted by Gasteiger charge is -2.11. The number of anilines is 1. The van der Waals surface area contributed by atoms with E-state index in [1.165, 1.54) is 12.1 Å². The predicted molar refractivity (Wildman–Crippen MR) is 104 cm³/mol. The number of benzene rings is 2. The summed E-state index contributed by atoms with van der Waals surface area (Å²) in [6.07, 6.45) is 0. The number of rotatable bonds is 7. The van der Waals surface area contributed by atoms with Gasteiger partial charge < -0.3 is 21.3 Å². The Morgan fingerprint density at radius 3 is 2.32 bits per heavy atom. The molecule has 28 heavy (non-hydrogen) atoms. The zero-order valence-corrected chi connectivity index (χ0v) is 15.9. The largest absolute Gasteiger partial charge is 0.345 e. The molecule has 2 aromatic rings. The van der Waals surface area contributed by atoms with Gasteiger partial charge in [-0.1, -0.05) is 29.8 Å². The van der Waals surface area contributed by atoms with Crippen LogP contribution in [0.2, 0.25) is 5.02 Å². The van der Waals surface area contributed by atoms with E-state index >= 15 is 0 Å². The fraction of sp³-hybridized carbons (Fsp3) is 0.211. The number of urea groups is 1.